The molecule has 0 radical (unpaired) electrons. The van der Waals surface area contributed by atoms with Crippen LogP contribution in [0.15, 0.2) is 30.6 Å². The fourth-order valence-electron chi connectivity index (χ4n) is 2.58. The second-order valence-corrected chi connectivity index (χ2v) is 4.81. The second kappa shape index (κ2) is 4.46. The molecule has 1 aromatic heterocycles. The van der Waals surface area contributed by atoms with E-state index in [0.29, 0.717) is 0 Å². The van der Waals surface area contributed by atoms with Gasteiger partial charge in [0.1, 0.15) is 0 Å². The van der Waals surface area contributed by atoms with E-state index in [1.165, 1.54) is 5.69 Å². The van der Waals surface area contributed by atoms with Crippen molar-refractivity contribution < 1.29 is 5.11 Å². The molecule has 3 N–H and O–H groups in total. The highest BCUT2D eigenvalue weighted by Crippen LogP contribution is 2.31. The van der Waals surface area contributed by atoms with Gasteiger partial charge in [-0.3, -0.25) is 4.98 Å². The number of aromatic nitrogens is 1. The molecule has 0 unspecified atom stereocenters. The summed E-state index contributed by atoms with van der Waals surface area (Å²) in [7, 11) is 0. The Morgan fingerprint density at radius 2 is 1.94 bits per heavy atom. The largest absolute Gasteiger partial charge is 0.398 e. The van der Waals surface area contributed by atoms with Gasteiger partial charge in [-0.1, -0.05) is 0 Å². The molecule has 3 rings (SSSR count). The molecule has 18 heavy (non-hydrogen) atoms. The second-order valence-electron chi connectivity index (χ2n) is 4.81. The number of rotatable bonds is 1. The van der Waals surface area contributed by atoms with Gasteiger partial charge in [-0.05, 0) is 31.0 Å². The van der Waals surface area contributed by atoms with Gasteiger partial charge in [0.25, 0.3) is 0 Å². The van der Waals surface area contributed by atoms with Crippen LogP contribution in [0.2, 0.25) is 0 Å². The Morgan fingerprint density at radius 1 is 1.17 bits per heavy atom. The van der Waals surface area contributed by atoms with Crippen LogP contribution in [-0.4, -0.2) is 29.3 Å². The Balaban J connectivity index is 2.04. The van der Waals surface area contributed by atoms with Crippen molar-refractivity contribution in [1.82, 2.24) is 4.98 Å². The zero-order chi connectivity index (χ0) is 12.5. The standard InChI is InChI=1S/C14H17N3O/c15-13-1-2-14(12-9-16-6-3-11(12)13)17-7-4-10(18)5-8-17/h1-3,6,9-10,18H,4-5,7-8,15H2. The molecule has 0 saturated carbocycles. The summed E-state index contributed by atoms with van der Waals surface area (Å²) in [6, 6.07) is 5.95. The molecule has 0 atom stereocenters. The molecule has 1 aliphatic rings. The summed E-state index contributed by atoms with van der Waals surface area (Å²) in [5.74, 6) is 0. The molecule has 1 fully saturated rings. The normalized spacial score (nSPS) is 17.3. The number of anilines is 2. The number of aliphatic hydroxyl groups excluding tert-OH is 1. The van der Waals surface area contributed by atoms with Gasteiger partial charge in [0.2, 0.25) is 0 Å². The van der Waals surface area contributed by atoms with E-state index in [9.17, 15) is 5.11 Å². The Labute approximate surface area is 106 Å². The first kappa shape index (κ1) is 11.3. The molecule has 4 nitrogen and oxygen atoms in total. The van der Waals surface area contributed by atoms with Gasteiger partial charge in [0.15, 0.2) is 0 Å². The third kappa shape index (κ3) is 1.88. The lowest BCUT2D eigenvalue weighted by molar-refractivity contribution is 0.145. The maximum absolute atomic E-state index is 9.57. The van der Waals surface area contributed by atoms with Gasteiger partial charge in [0, 0.05) is 47.6 Å². The molecule has 1 saturated heterocycles. The van der Waals surface area contributed by atoms with Crippen molar-refractivity contribution in [3.63, 3.8) is 0 Å². The zero-order valence-electron chi connectivity index (χ0n) is 10.2. The average Bonchev–Trinajstić information content (AvgIpc) is 2.41. The van der Waals surface area contributed by atoms with Gasteiger partial charge in [-0.25, -0.2) is 0 Å². The molecule has 0 spiro atoms. The number of aliphatic hydroxyl groups is 1. The molecule has 2 heterocycles. The van der Waals surface area contributed by atoms with Gasteiger partial charge >= 0.3 is 0 Å². The zero-order valence-corrected chi connectivity index (χ0v) is 10.2. The predicted molar refractivity (Wildman–Crippen MR) is 73.6 cm³/mol. The van der Waals surface area contributed by atoms with Crippen molar-refractivity contribution in [2.24, 2.45) is 0 Å². The molecule has 0 aliphatic carbocycles. The van der Waals surface area contributed by atoms with E-state index in [1.54, 1.807) is 6.20 Å². The molecular weight excluding hydrogens is 226 g/mol. The first-order valence-electron chi connectivity index (χ1n) is 6.31. The van der Waals surface area contributed by atoms with E-state index < -0.39 is 0 Å². The van der Waals surface area contributed by atoms with Crippen LogP contribution in [0.1, 0.15) is 12.8 Å². The number of hydrogen-bond donors (Lipinski definition) is 2. The Bertz CT molecular complexity index is 562. The Kier molecular flexibility index (Phi) is 2.80. The van der Waals surface area contributed by atoms with Crippen LogP contribution in [0, 0.1) is 0 Å². The van der Waals surface area contributed by atoms with Crippen LogP contribution in [-0.2, 0) is 0 Å². The van der Waals surface area contributed by atoms with Crippen molar-refractivity contribution >= 4 is 22.1 Å². The first-order valence-corrected chi connectivity index (χ1v) is 6.31. The maximum atomic E-state index is 9.57. The van der Waals surface area contributed by atoms with E-state index >= 15 is 0 Å². The fraction of sp³-hybridized carbons (Fsp3) is 0.357. The average molecular weight is 243 g/mol. The lowest BCUT2D eigenvalue weighted by atomic mass is 10.0. The number of nitrogens with zero attached hydrogens (tertiary/aromatic N) is 2. The summed E-state index contributed by atoms with van der Waals surface area (Å²) in [6.07, 6.45) is 5.13. The molecule has 4 heteroatoms. The summed E-state index contributed by atoms with van der Waals surface area (Å²) in [5, 5.41) is 11.7. The molecule has 94 valence electrons. The topological polar surface area (TPSA) is 62.4 Å². The quantitative estimate of drug-likeness (QED) is 0.749. The third-order valence-electron chi connectivity index (χ3n) is 3.63. The number of hydrogen-bond acceptors (Lipinski definition) is 4. The van der Waals surface area contributed by atoms with Crippen LogP contribution in [0.4, 0.5) is 11.4 Å². The van der Waals surface area contributed by atoms with Crippen molar-refractivity contribution in [3.8, 4) is 0 Å². The highest BCUT2D eigenvalue weighted by molar-refractivity contribution is 6.00. The van der Waals surface area contributed by atoms with Crippen LogP contribution < -0.4 is 10.6 Å². The monoisotopic (exact) mass is 243 g/mol. The molecule has 0 bridgehead atoms. The van der Waals surface area contributed by atoms with Gasteiger partial charge < -0.3 is 15.7 Å². The molecular formula is C14H17N3O. The van der Waals surface area contributed by atoms with E-state index in [4.69, 9.17) is 5.73 Å². The number of benzene rings is 1. The van der Waals surface area contributed by atoms with Crippen LogP contribution >= 0.6 is 0 Å². The third-order valence-corrected chi connectivity index (χ3v) is 3.63. The van der Waals surface area contributed by atoms with E-state index in [1.807, 2.05) is 18.3 Å². The lowest BCUT2D eigenvalue weighted by Crippen LogP contribution is -2.35. The van der Waals surface area contributed by atoms with Crippen LogP contribution in [0.3, 0.4) is 0 Å². The van der Waals surface area contributed by atoms with Crippen molar-refractivity contribution in [1.29, 1.82) is 0 Å². The minimum atomic E-state index is -0.153. The molecule has 0 amide bonds. The summed E-state index contributed by atoms with van der Waals surface area (Å²) in [4.78, 5) is 6.49. The number of fused-ring (bicyclic) bond motifs is 1. The molecule has 1 aromatic carbocycles. The van der Waals surface area contributed by atoms with Gasteiger partial charge in [0.05, 0.1) is 6.10 Å². The highest BCUT2D eigenvalue weighted by atomic mass is 16.3. The molecule has 2 aromatic rings. The summed E-state index contributed by atoms with van der Waals surface area (Å²) < 4.78 is 0. The van der Waals surface area contributed by atoms with Crippen molar-refractivity contribution in [2.45, 2.75) is 18.9 Å². The number of pyridine rings is 1. The summed E-state index contributed by atoms with van der Waals surface area (Å²) in [5.41, 5.74) is 7.94. The summed E-state index contributed by atoms with van der Waals surface area (Å²) >= 11 is 0. The van der Waals surface area contributed by atoms with Crippen LogP contribution in [0.25, 0.3) is 10.8 Å². The number of piperidine rings is 1. The smallest absolute Gasteiger partial charge is 0.0574 e. The Morgan fingerprint density at radius 3 is 2.72 bits per heavy atom. The lowest BCUT2D eigenvalue weighted by Gasteiger charge is -2.32. The van der Waals surface area contributed by atoms with Gasteiger partial charge in [-0.2, -0.15) is 0 Å². The van der Waals surface area contributed by atoms with Crippen molar-refractivity contribution in [2.75, 3.05) is 23.7 Å². The Hall–Kier alpha value is -1.81. The summed E-state index contributed by atoms with van der Waals surface area (Å²) in [6.45, 7) is 1.77. The number of nitrogen functional groups attached to an aromatic ring is 1. The maximum Gasteiger partial charge on any atom is 0.0574 e. The first-order chi connectivity index (χ1) is 8.75. The minimum absolute atomic E-state index is 0.153. The SMILES string of the molecule is Nc1ccc(N2CCC(O)CC2)c2cnccc12. The highest BCUT2D eigenvalue weighted by Gasteiger charge is 2.19. The fourth-order valence-corrected chi connectivity index (χ4v) is 2.58. The number of nitrogens with two attached hydrogens (primary N) is 1. The minimum Gasteiger partial charge on any atom is -0.398 e. The van der Waals surface area contributed by atoms with Crippen LogP contribution in [0.5, 0.6) is 0 Å². The predicted octanol–water partition coefficient (Wildman–Crippen LogP) is 1.78. The van der Waals surface area contributed by atoms with E-state index in [0.717, 1.165) is 42.4 Å². The molecule has 1 aliphatic heterocycles. The van der Waals surface area contributed by atoms with Gasteiger partial charge in [-0.15, -0.1) is 0 Å². The van der Waals surface area contributed by atoms with E-state index in [-0.39, 0.29) is 6.10 Å². The van der Waals surface area contributed by atoms with E-state index in [2.05, 4.69) is 16.0 Å². The van der Waals surface area contributed by atoms with Crippen molar-refractivity contribution in [3.05, 3.63) is 30.6 Å².